The van der Waals surface area contributed by atoms with Crippen LogP contribution in [0.15, 0.2) is 60.8 Å². The molecule has 142 valence electrons. The molecule has 0 unspecified atom stereocenters. The Morgan fingerprint density at radius 2 is 1.54 bits per heavy atom. The number of nitrogens with zero attached hydrogens (tertiary/aromatic N) is 1. The van der Waals surface area contributed by atoms with Crippen molar-refractivity contribution in [3.63, 3.8) is 0 Å². The van der Waals surface area contributed by atoms with E-state index in [9.17, 15) is 9.59 Å². The van der Waals surface area contributed by atoms with Crippen LogP contribution in [0.1, 0.15) is 32.0 Å². The zero-order valence-corrected chi connectivity index (χ0v) is 15.9. The van der Waals surface area contributed by atoms with Gasteiger partial charge in [-0.15, -0.1) is 0 Å². The molecule has 0 bridgehead atoms. The maximum Gasteiger partial charge on any atom is 0.337 e. The number of aryl methyl sites for hydroxylation is 2. The number of amides is 1. The Labute approximate surface area is 163 Å². The summed E-state index contributed by atoms with van der Waals surface area (Å²) in [4.78, 5) is 28.2. The lowest BCUT2D eigenvalue weighted by molar-refractivity contribution is 0.0600. The molecule has 0 aliphatic carbocycles. The van der Waals surface area contributed by atoms with Gasteiger partial charge in [0.15, 0.2) is 0 Å². The highest BCUT2D eigenvalue weighted by molar-refractivity contribution is 6.03. The van der Waals surface area contributed by atoms with Crippen molar-refractivity contribution in [2.24, 2.45) is 0 Å². The maximum absolute atomic E-state index is 12.5. The van der Waals surface area contributed by atoms with Crippen LogP contribution in [0.3, 0.4) is 0 Å². The van der Waals surface area contributed by atoms with Gasteiger partial charge in [-0.3, -0.25) is 4.79 Å². The average molecular weight is 375 g/mol. The molecule has 2 N–H and O–H groups in total. The first-order valence-corrected chi connectivity index (χ1v) is 8.77. The van der Waals surface area contributed by atoms with Crippen molar-refractivity contribution >= 4 is 28.9 Å². The third-order valence-electron chi connectivity index (χ3n) is 4.31. The minimum atomic E-state index is -0.382. The molecule has 3 rings (SSSR count). The lowest BCUT2D eigenvalue weighted by Gasteiger charge is -2.11. The molecule has 0 aliphatic heterocycles. The summed E-state index contributed by atoms with van der Waals surface area (Å²) in [5.74, 6) is -0.640. The van der Waals surface area contributed by atoms with Gasteiger partial charge in [-0.2, -0.15) is 0 Å². The van der Waals surface area contributed by atoms with Crippen LogP contribution >= 0.6 is 0 Å². The molecular weight excluding hydrogens is 354 g/mol. The second kappa shape index (κ2) is 8.35. The number of aromatic nitrogens is 1. The molecule has 1 heterocycles. The van der Waals surface area contributed by atoms with Crippen LogP contribution < -0.4 is 10.6 Å². The molecule has 28 heavy (non-hydrogen) atoms. The van der Waals surface area contributed by atoms with Crippen molar-refractivity contribution < 1.29 is 14.3 Å². The van der Waals surface area contributed by atoms with E-state index < -0.39 is 0 Å². The van der Waals surface area contributed by atoms with Crippen LogP contribution in [0, 0.1) is 13.8 Å². The fourth-order valence-electron chi connectivity index (χ4n) is 2.77. The van der Waals surface area contributed by atoms with Gasteiger partial charge in [0.05, 0.1) is 24.6 Å². The molecule has 6 heteroatoms. The molecule has 0 saturated heterocycles. The molecule has 0 saturated carbocycles. The van der Waals surface area contributed by atoms with Gasteiger partial charge in [0, 0.05) is 11.4 Å². The SMILES string of the molecule is COC(=O)c1ccc(Nc2ccc(C(=O)Nc3c(C)cccc3C)nc2)cc1. The Morgan fingerprint density at radius 1 is 0.893 bits per heavy atom. The van der Waals surface area contributed by atoms with Crippen LogP contribution in [-0.2, 0) is 4.74 Å². The first-order chi connectivity index (χ1) is 13.5. The van der Waals surface area contributed by atoms with E-state index in [0.717, 1.165) is 28.2 Å². The summed E-state index contributed by atoms with van der Waals surface area (Å²) >= 11 is 0. The Hall–Kier alpha value is -3.67. The van der Waals surface area contributed by atoms with Gasteiger partial charge < -0.3 is 15.4 Å². The summed E-state index contributed by atoms with van der Waals surface area (Å²) in [6, 6.07) is 16.2. The molecule has 6 nitrogen and oxygen atoms in total. The number of benzene rings is 2. The van der Waals surface area contributed by atoms with Crippen LogP contribution in [0.4, 0.5) is 17.1 Å². The van der Waals surface area contributed by atoms with Gasteiger partial charge in [-0.05, 0) is 61.4 Å². The van der Waals surface area contributed by atoms with Crippen molar-refractivity contribution in [2.75, 3.05) is 17.7 Å². The van der Waals surface area contributed by atoms with Gasteiger partial charge in [0.25, 0.3) is 5.91 Å². The van der Waals surface area contributed by atoms with Crippen LogP contribution in [-0.4, -0.2) is 24.0 Å². The summed E-state index contributed by atoms with van der Waals surface area (Å²) in [6.07, 6.45) is 1.59. The molecule has 1 aromatic heterocycles. The number of para-hydroxylation sites is 1. The minimum absolute atomic E-state index is 0.258. The van der Waals surface area contributed by atoms with Crippen molar-refractivity contribution in [3.8, 4) is 0 Å². The third kappa shape index (κ3) is 4.35. The first kappa shape index (κ1) is 19.1. The predicted molar refractivity (Wildman–Crippen MR) is 109 cm³/mol. The van der Waals surface area contributed by atoms with Crippen molar-refractivity contribution in [3.05, 3.63) is 83.2 Å². The summed E-state index contributed by atoms with van der Waals surface area (Å²) < 4.78 is 4.68. The first-order valence-electron chi connectivity index (χ1n) is 8.77. The number of nitrogens with one attached hydrogen (secondary N) is 2. The minimum Gasteiger partial charge on any atom is -0.465 e. The third-order valence-corrected chi connectivity index (χ3v) is 4.31. The Morgan fingerprint density at radius 3 is 2.11 bits per heavy atom. The highest BCUT2D eigenvalue weighted by atomic mass is 16.5. The molecule has 0 atom stereocenters. The molecule has 0 radical (unpaired) electrons. The molecule has 2 aromatic carbocycles. The highest BCUT2D eigenvalue weighted by Gasteiger charge is 2.11. The van der Waals surface area contributed by atoms with E-state index in [2.05, 4.69) is 20.4 Å². The van der Waals surface area contributed by atoms with E-state index in [-0.39, 0.29) is 11.9 Å². The molecular formula is C22H21N3O3. The van der Waals surface area contributed by atoms with Crippen LogP contribution in [0.2, 0.25) is 0 Å². The number of carbonyl (C=O) groups is 2. The van der Waals surface area contributed by atoms with Gasteiger partial charge in [0.1, 0.15) is 5.69 Å². The number of ether oxygens (including phenoxy) is 1. The number of anilines is 3. The van der Waals surface area contributed by atoms with Crippen molar-refractivity contribution in [1.82, 2.24) is 4.98 Å². The monoisotopic (exact) mass is 375 g/mol. The van der Waals surface area contributed by atoms with Gasteiger partial charge in [-0.1, -0.05) is 18.2 Å². The fourth-order valence-corrected chi connectivity index (χ4v) is 2.77. The van der Waals surface area contributed by atoms with E-state index in [1.54, 1.807) is 42.6 Å². The Balaban J connectivity index is 1.68. The number of pyridine rings is 1. The lowest BCUT2D eigenvalue weighted by Crippen LogP contribution is -2.15. The summed E-state index contributed by atoms with van der Waals surface area (Å²) in [5, 5.41) is 6.10. The Bertz CT molecular complexity index is 976. The largest absolute Gasteiger partial charge is 0.465 e. The average Bonchev–Trinajstić information content (AvgIpc) is 2.71. The second-order valence-electron chi connectivity index (χ2n) is 6.35. The summed E-state index contributed by atoms with van der Waals surface area (Å²) in [7, 11) is 1.35. The number of esters is 1. The van der Waals surface area contributed by atoms with E-state index in [1.165, 1.54) is 7.11 Å². The number of hydrogen-bond donors (Lipinski definition) is 2. The van der Waals surface area contributed by atoms with Gasteiger partial charge in [0.2, 0.25) is 0 Å². The zero-order chi connectivity index (χ0) is 20.1. The van der Waals surface area contributed by atoms with Crippen LogP contribution in [0.25, 0.3) is 0 Å². The molecule has 0 spiro atoms. The van der Waals surface area contributed by atoms with Gasteiger partial charge in [-0.25, -0.2) is 9.78 Å². The lowest BCUT2D eigenvalue weighted by atomic mass is 10.1. The summed E-state index contributed by atoms with van der Waals surface area (Å²) in [5.41, 5.74) is 5.14. The standard InChI is InChI=1S/C22H21N3O3/c1-14-5-4-6-15(2)20(14)25-21(26)19-12-11-18(13-23-19)24-17-9-7-16(8-10-17)22(27)28-3/h4-13,24H,1-3H3,(H,25,26). The van der Waals surface area contributed by atoms with E-state index in [0.29, 0.717) is 11.3 Å². The number of carbonyl (C=O) groups excluding carboxylic acids is 2. The summed E-state index contributed by atoms with van der Waals surface area (Å²) in [6.45, 7) is 3.91. The molecule has 0 aliphatic rings. The Kier molecular flexibility index (Phi) is 5.69. The number of rotatable bonds is 5. The van der Waals surface area contributed by atoms with Gasteiger partial charge >= 0.3 is 5.97 Å². The normalized spacial score (nSPS) is 10.2. The second-order valence-corrected chi connectivity index (χ2v) is 6.35. The predicted octanol–water partition coefficient (Wildman–Crippen LogP) is 4.48. The molecule has 0 fully saturated rings. The van der Waals surface area contributed by atoms with E-state index in [1.807, 2.05) is 32.0 Å². The van der Waals surface area contributed by atoms with Crippen molar-refractivity contribution in [2.45, 2.75) is 13.8 Å². The maximum atomic E-state index is 12.5. The molecule has 3 aromatic rings. The quantitative estimate of drug-likeness (QED) is 0.643. The smallest absolute Gasteiger partial charge is 0.337 e. The van der Waals surface area contributed by atoms with Crippen molar-refractivity contribution in [1.29, 1.82) is 0 Å². The van der Waals surface area contributed by atoms with Crippen LogP contribution in [0.5, 0.6) is 0 Å². The molecule has 1 amide bonds. The topological polar surface area (TPSA) is 80.3 Å². The number of hydrogen-bond acceptors (Lipinski definition) is 5. The van der Waals surface area contributed by atoms with E-state index in [4.69, 9.17) is 0 Å². The van der Waals surface area contributed by atoms with E-state index >= 15 is 0 Å². The zero-order valence-electron chi connectivity index (χ0n) is 15.9. The highest BCUT2D eigenvalue weighted by Crippen LogP contribution is 2.21. The fraction of sp³-hybridized carbons (Fsp3) is 0.136. The number of methoxy groups -OCH3 is 1.